The molecule has 0 amide bonds. The molecule has 2 aromatic rings. The van der Waals surface area contributed by atoms with Gasteiger partial charge in [0.25, 0.3) is 5.69 Å². The van der Waals surface area contributed by atoms with Gasteiger partial charge in [-0.25, -0.2) is 9.37 Å². The number of ether oxygens (including phenoxy) is 1. The summed E-state index contributed by atoms with van der Waals surface area (Å²) in [6.07, 6.45) is 1.63. The van der Waals surface area contributed by atoms with Crippen molar-refractivity contribution in [3.8, 4) is 5.88 Å². The normalized spacial score (nSPS) is 10.4. The van der Waals surface area contributed by atoms with Crippen molar-refractivity contribution in [2.24, 2.45) is 0 Å². The van der Waals surface area contributed by atoms with E-state index in [9.17, 15) is 14.5 Å². The van der Waals surface area contributed by atoms with Gasteiger partial charge >= 0.3 is 0 Å². The summed E-state index contributed by atoms with van der Waals surface area (Å²) in [6, 6.07) is 7.12. The van der Waals surface area contributed by atoms with Crippen LogP contribution in [0.2, 0.25) is 0 Å². The summed E-state index contributed by atoms with van der Waals surface area (Å²) >= 11 is 0. The van der Waals surface area contributed by atoms with E-state index in [0.717, 1.165) is 11.6 Å². The number of non-ortho nitro benzene ring substituents is 1. The minimum Gasteiger partial charge on any atom is -0.481 e. The van der Waals surface area contributed by atoms with Gasteiger partial charge in [0.1, 0.15) is 5.82 Å². The van der Waals surface area contributed by atoms with Gasteiger partial charge in [0, 0.05) is 31.4 Å². The Labute approximate surface area is 120 Å². The molecule has 0 radical (unpaired) electrons. The van der Waals surface area contributed by atoms with E-state index in [-0.39, 0.29) is 5.69 Å². The third-order valence-electron chi connectivity index (χ3n) is 2.82. The van der Waals surface area contributed by atoms with E-state index in [0.29, 0.717) is 24.5 Å². The van der Waals surface area contributed by atoms with Crippen LogP contribution in [0.4, 0.5) is 10.1 Å². The second-order valence-corrected chi connectivity index (χ2v) is 4.38. The molecule has 1 aromatic heterocycles. The van der Waals surface area contributed by atoms with Crippen molar-refractivity contribution in [2.75, 3.05) is 7.11 Å². The summed E-state index contributed by atoms with van der Waals surface area (Å²) < 4.78 is 18.3. The van der Waals surface area contributed by atoms with Crippen LogP contribution < -0.4 is 10.1 Å². The molecule has 7 heteroatoms. The van der Waals surface area contributed by atoms with Crippen LogP contribution in [0.3, 0.4) is 0 Å². The molecule has 0 aliphatic carbocycles. The lowest BCUT2D eigenvalue weighted by atomic mass is 10.2. The van der Waals surface area contributed by atoms with Crippen LogP contribution in [-0.2, 0) is 13.1 Å². The quantitative estimate of drug-likeness (QED) is 0.653. The second kappa shape index (κ2) is 6.76. The van der Waals surface area contributed by atoms with E-state index in [1.54, 1.807) is 12.3 Å². The fraction of sp³-hybridized carbons (Fsp3) is 0.214. The van der Waals surface area contributed by atoms with E-state index in [2.05, 4.69) is 10.3 Å². The van der Waals surface area contributed by atoms with Gasteiger partial charge in [0.05, 0.1) is 18.1 Å². The highest BCUT2D eigenvalue weighted by atomic mass is 19.1. The summed E-state index contributed by atoms with van der Waals surface area (Å²) in [6.45, 7) is 0.840. The molecule has 6 nitrogen and oxygen atoms in total. The molecule has 0 aliphatic heterocycles. The van der Waals surface area contributed by atoms with Crippen LogP contribution >= 0.6 is 0 Å². The number of nitro groups is 1. The Morgan fingerprint density at radius 3 is 2.76 bits per heavy atom. The Morgan fingerprint density at radius 2 is 2.05 bits per heavy atom. The van der Waals surface area contributed by atoms with Crippen LogP contribution in [0.15, 0.2) is 36.5 Å². The number of rotatable bonds is 6. The largest absolute Gasteiger partial charge is 0.481 e. The van der Waals surface area contributed by atoms with Crippen molar-refractivity contribution >= 4 is 5.69 Å². The minimum atomic E-state index is -0.619. The van der Waals surface area contributed by atoms with Gasteiger partial charge in [-0.05, 0) is 23.3 Å². The lowest BCUT2D eigenvalue weighted by Crippen LogP contribution is -2.13. The van der Waals surface area contributed by atoms with Crippen molar-refractivity contribution in [1.29, 1.82) is 0 Å². The number of hydrogen-bond donors (Lipinski definition) is 1. The molecule has 0 saturated heterocycles. The smallest absolute Gasteiger partial charge is 0.272 e. The van der Waals surface area contributed by atoms with Gasteiger partial charge in [-0.2, -0.15) is 0 Å². The fourth-order valence-corrected chi connectivity index (χ4v) is 1.86. The van der Waals surface area contributed by atoms with Crippen LogP contribution in [0.25, 0.3) is 0 Å². The number of nitrogens with one attached hydrogen (secondary N) is 1. The number of nitrogens with zero attached hydrogens (tertiary/aromatic N) is 2. The van der Waals surface area contributed by atoms with E-state index >= 15 is 0 Å². The Balaban J connectivity index is 1.98. The SMILES string of the molecule is COc1cc(CNCc2cc(F)cc([N+](=O)[O-])c2)ccn1. The molecule has 2 rings (SSSR count). The van der Waals surface area contributed by atoms with E-state index in [4.69, 9.17) is 4.74 Å². The summed E-state index contributed by atoms with van der Waals surface area (Å²) in [5, 5.41) is 13.8. The first-order valence-electron chi connectivity index (χ1n) is 6.22. The summed E-state index contributed by atoms with van der Waals surface area (Å²) in [4.78, 5) is 14.1. The molecule has 1 aromatic carbocycles. The number of aromatic nitrogens is 1. The Bertz CT molecular complexity index is 649. The second-order valence-electron chi connectivity index (χ2n) is 4.38. The predicted molar refractivity (Wildman–Crippen MR) is 74.4 cm³/mol. The first-order chi connectivity index (χ1) is 10.1. The third-order valence-corrected chi connectivity index (χ3v) is 2.82. The van der Waals surface area contributed by atoms with E-state index in [1.165, 1.54) is 19.2 Å². The number of hydrogen-bond acceptors (Lipinski definition) is 5. The first kappa shape index (κ1) is 14.9. The lowest BCUT2D eigenvalue weighted by Gasteiger charge is -2.06. The summed E-state index contributed by atoms with van der Waals surface area (Å²) in [7, 11) is 1.53. The fourth-order valence-electron chi connectivity index (χ4n) is 1.86. The van der Waals surface area contributed by atoms with Gasteiger partial charge in [-0.1, -0.05) is 0 Å². The molecule has 0 bridgehead atoms. The van der Waals surface area contributed by atoms with Crippen molar-refractivity contribution in [3.05, 3.63) is 63.6 Å². The number of halogens is 1. The topological polar surface area (TPSA) is 77.3 Å². The molecule has 0 aliphatic rings. The van der Waals surface area contributed by atoms with E-state index in [1.807, 2.05) is 6.07 Å². The van der Waals surface area contributed by atoms with Crippen molar-refractivity contribution < 1.29 is 14.1 Å². The molecular weight excluding hydrogens is 277 g/mol. The highest BCUT2D eigenvalue weighted by molar-refractivity contribution is 5.35. The van der Waals surface area contributed by atoms with Gasteiger partial charge in [0.2, 0.25) is 5.88 Å². The zero-order chi connectivity index (χ0) is 15.2. The third kappa shape index (κ3) is 4.22. The average Bonchev–Trinajstić information content (AvgIpc) is 2.47. The Kier molecular flexibility index (Phi) is 4.78. The van der Waals surface area contributed by atoms with E-state index < -0.39 is 10.7 Å². The molecule has 1 N–H and O–H groups in total. The van der Waals surface area contributed by atoms with Crippen LogP contribution in [0, 0.1) is 15.9 Å². The van der Waals surface area contributed by atoms with Crippen molar-refractivity contribution in [1.82, 2.24) is 10.3 Å². The van der Waals surface area contributed by atoms with Crippen LogP contribution in [0.5, 0.6) is 5.88 Å². The van der Waals surface area contributed by atoms with Gasteiger partial charge in [0.15, 0.2) is 0 Å². The Morgan fingerprint density at radius 1 is 1.29 bits per heavy atom. The predicted octanol–water partition coefficient (Wildman–Crippen LogP) is 2.43. The van der Waals surface area contributed by atoms with Gasteiger partial charge in [-0.3, -0.25) is 10.1 Å². The monoisotopic (exact) mass is 291 g/mol. The number of pyridine rings is 1. The molecular formula is C14H14FN3O3. The minimum absolute atomic E-state index is 0.252. The van der Waals surface area contributed by atoms with Gasteiger partial charge in [-0.15, -0.1) is 0 Å². The standard InChI is InChI=1S/C14H14FN3O3/c1-21-14-6-10(2-3-17-14)8-16-9-11-4-12(15)7-13(5-11)18(19)20/h2-7,16H,8-9H2,1H3. The molecule has 0 spiro atoms. The number of nitro benzene ring substituents is 1. The van der Waals surface area contributed by atoms with Gasteiger partial charge < -0.3 is 10.1 Å². The molecule has 110 valence electrons. The molecule has 0 atom stereocenters. The highest BCUT2D eigenvalue weighted by Gasteiger charge is 2.09. The van der Waals surface area contributed by atoms with Crippen LogP contribution in [0.1, 0.15) is 11.1 Å². The number of methoxy groups -OCH3 is 1. The molecule has 0 saturated carbocycles. The molecule has 21 heavy (non-hydrogen) atoms. The maximum Gasteiger partial charge on any atom is 0.272 e. The highest BCUT2D eigenvalue weighted by Crippen LogP contribution is 2.16. The average molecular weight is 291 g/mol. The van der Waals surface area contributed by atoms with Crippen molar-refractivity contribution in [3.63, 3.8) is 0 Å². The summed E-state index contributed by atoms with van der Waals surface area (Å²) in [5.74, 6) is -0.109. The zero-order valence-corrected chi connectivity index (χ0v) is 11.4. The zero-order valence-electron chi connectivity index (χ0n) is 11.4. The van der Waals surface area contributed by atoms with Crippen LogP contribution in [-0.4, -0.2) is 17.0 Å². The maximum atomic E-state index is 13.3. The Hall–Kier alpha value is -2.54. The van der Waals surface area contributed by atoms with Crippen molar-refractivity contribution in [2.45, 2.75) is 13.1 Å². The molecule has 0 unspecified atom stereocenters. The maximum absolute atomic E-state index is 13.3. The molecule has 1 heterocycles. The molecule has 0 fully saturated rings. The lowest BCUT2D eigenvalue weighted by molar-refractivity contribution is -0.385. The number of benzene rings is 1. The summed E-state index contributed by atoms with van der Waals surface area (Å²) in [5.41, 5.74) is 1.22. The first-order valence-corrected chi connectivity index (χ1v) is 6.22.